The Balaban J connectivity index is 1.80. The summed E-state index contributed by atoms with van der Waals surface area (Å²) in [4.78, 5) is 21.3. The molecular formula is C16H20N4O. The van der Waals surface area contributed by atoms with Gasteiger partial charge in [0, 0.05) is 31.6 Å². The minimum absolute atomic E-state index is 0.109. The lowest BCUT2D eigenvalue weighted by Gasteiger charge is -2.17. The van der Waals surface area contributed by atoms with E-state index in [1.165, 1.54) is 0 Å². The molecule has 3 N–H and O–H groups in total. The molecule has 1 aromatic heterocycles. The molecule has 1 aliphatic heterocycles. The Kier molecular flexibility index (Phi) is 4.01. The van der Waals surface area contributed by atoms with Gasteiger partial charge in [0.2, 0.25) is 5.95 Å². The van der Waals surface area contributed by atoms with Gasteiger partial charge >= 0.3 is 0 Å². The molecule has 0 radical (unpaired) electrons. The Bertz CT molecular complexity index is 647. The second-order valence-electron chi connectivity index (χ2n) is 5.48. The van der Waals surface area contributed by atoms with Gasteiger partial charge < -0.3 is 10.6 Å². The second-order valence-corrected chi connectivity index (χ2v) is 5.48. The van der Waals surface area contributed by atoms with Crippen LogP contribution in [0.4, 0.5) is 5.95 Å². The van der Waals surface area contributed by atoms with Crippen molar-refractivity contribution in [2.45, 2.75) is 25.3 Å². The van der Waals surface area contributed by atoms with Crippen molar-refractivity contribution in [1.29, 1.82) is 0 Å². The maximum atomic E-state index is 11.8. The highest BCUT2D eigenvalue weighted by Gasteiger charge is 2.16. The summed E-state index contributed by atoms with van der Waals surface area (Å²) < 4.78 is 0. The van der Waals surface area contributed by atoms with Crippen LogP contribution in [-0.2, 0) is 6.42 Å². The molecule has 0 spiro atoms. The lowest BCUT2D eigenvalue weighted by Crippen LogP contribution is -2.25. The van der Waals surface area contributed by atoms with Crippen molar-refractivity contribution in [3.8, 4) is 0 Å². The monoisotopic (exact) mass is 284 g/mol. The van der Waals surface area contributed by atoms with E-state index in [-0.39, 0.29) is 11.6 Å². The van der Waals surface area contributed by atoms with Gasteiger partial charge in [0.1, 0.15) is 0 Å². The van der Waals surface area contributed by atoms with Crippen molar-refractivity contribution < 1.29 is 0 Å². The molecule has 5 nitrogen and oxygen atoms in total. The van der Waals surface area contributed by atoms with E-state index in [1.54, 1.807) is 6.07 Å². The summed E-state index contributed by atoms with van der Waals surface area (Å²) in [6, 6.07) is 11.3. The molecule has 1 saturated heterocycles. The topological polar surface area (TPSA) is 75.0 Å². The van der Waals surface area contributed by atoms with Crippen molar-refractivity contribution in [3.63, 3.8) is 0 Å². The van der Waals surface area contributed by atoms with Crippen LogP contribution in [0.15, 0.2) is 41.2 Å². The molecule has 0 unspecified atom stereocenters. The Morgan fingerprint density at radius 2 is 1.95 bits per heavy atom. The second kappa shape index (κ2) is 6.10. The van der Waals surface area contributed by atoms with Crippen molar-refractivity contribution in [2.24, 2.45) is 5.73 Å². The largest absolute Gasteiger partial charge is 0.342 e. The van der Waals surface area contributed by atoms with Crippen LogP contribution in [0.1, 0.15) is 30.1 Å². The van der Waals surface area contributed by atoms with Crippen LogP contribution >= 0.6 is 0 Å². The van der Waals surface area contributed by atoms with Gasteiger partial charge in [-0.1, -0.05) is 30.3 Å². The molecule has 1 aliphatic rings. The molecule has 21 heavy (non-hydrogen) atoms. The van der Waals surface area contributed by atoms with Crippen molar-refractivity contribution in [1.82, 2.24) is 9.97 Å². The lowest BCUT2D eigenvalue weighted by molar-refractivity contribution is 0.700. The summed E-state index contributed by atoms with van der Waals surface area (Å²) in [5, 5.41) is 0. The fraction of sp³-hybridized carbons (Fsp3) is 0.375. The van der Waals surface area contributed by atoms with Crippen molar-refractivity contribution >= 4 is 5.95 Å². The standard InChI is InChI=1S/C16H20N4O/c17-14(12-6-2-1-3-7-12)10-13-11-15(21)19-16(18-13)20-8-4-5-9-20/h1-3,6-7,11,14H,4-5,8-10,17H2,(H,18,19,21)/t14-/m1/s1. The van der Waals surface area contributed by atoms with Crippen LogP contribution in [0.5, 0.6) is 0 Å². The first-order valence-corrected chi connectivity index (χ1v) is 7.38. The molecule has 1 atom stereocenters. The summed E-state index contributed by atoms with van der Waals surface area (Å²) in [5.41, 5.74) is 7.91. The number of nitrogens with zero attached hydrogens (tertiary/aromatic N) is 2. The van der Waals surface area contributed by atoms with Gasteiger partial charge in [-0.25, -0.2) is 4.98 Å². The van der Waals surface area contributed by atoms with Crippen LogP contribution < -0.4 is 16.2 Å². The number of H-pyrrole nitrogens is 1. The summed E-state index contributed by atoms with van der Waals surface area (Å²) in [5.74, 6) is 0.676. The Morgan fingerprint density at radius 3 is 2.67 bits per heavy atom. The van der Waals surface area contributed by atoms with E-state index in [1.807, 2.05) is 30.3 Å². The first-order valence-electron chi connectivity index (χ1n) is 7.38. The highest BCUT2D eigenvalue weighted by molar-refractivity contribution is 5.32. The van der Waals surface area contributed by atoms with Crippen LogP contribution in [0, 0.1) is 0 Å². The number of nitrogens with one attached hydrogen (secondary N) is 1. The smallest absolute Gasteiger partial charge is 0.252 e. The zero-order valence-electron chi connectivity index (χ0n) is 12.0. The molecule has 0 aliphatic carbocycles. The summed E-state index contributed by atoms with van der Waals surface area (Å²) in [6.07, 6.45) is 2.86. The fourth-order valence-corrected chi connectivity index (χ4v) is 2.72. The molecule has 1 aromatic carbocycles. The van der Waals surface area contributed by atoms with E-state index >= 15 is 0 Å². The van der Waals surface area contributed by atoms with E-state index in [9.17, 15) is 4.79 Å². The number of aromatic nitrogens is 2. The van der Waals surface area contributed by atoms with E-state index in [0.29, 0.717) is 12.4 Å². The third kappa shape index (κ3) is 3.31. The van der Waals surface area contributed by atoms with Crippen LogP contribution in [0.25, 0.3) is 0 Å². The molecule has 0 saturated carbocycles. The third-order valence-corrected chi connectivity index (χ3v) is 3.84. The van der Waals surface area contributed by atoms with Crippen LogP contribution in [-0.4, -0.2) is 23.1 Å². The summed E-state index contributed by atoms with van der Waals surface area (Å²) in [6.45, 7) is 1.91. The van der Waals surface area contributed by atoms with Gasteiger partial charge in [0.05, 0.1) is 5.69 Å². The molecular weight excluding hydrogens is 264 g/mol. The van der Waals surface area contributed by atoms with Gasteiger partial charge in [-0.3, -0.25) is 9.78 Å². The highest BCUT2D eigenvalue weighted by atomic mass is 16.1. The van der Waals surface area contributed by atoms with Gasteiger partial charge in [-0.2, -0.15) is 0 Å². The minimum atomic E-state index is -0.146. The number of aromatic amines is 1. The maximum Gasteiger partial charge on any atom is 0.252 e. The molecule has 1 fully saturated rings. The third-order valence-electron chi connectivity index (χ3n) is 3.84. The zero-order chi connectivity index (χ0) is 14.7. The molecule has 3 rings (SSSR count). The van der Waals surface area contributed by atoms with Crippen LogP contribution in [0.2, 0.25) is 0 Å². The average Bonchev–Trinajstić information content (AvgIpc) is 3.02. The Labute approximate surface area is 123 Å². The van der Waals surface area contributed by atoms with Gasteiger partial charge in [0.25, 0.3) is 5.56 Å². The first-order chi connectivity index (χ1) is 10.2. The Hall–Kier alpha value is -2.14. The van der Waals surface area contributed by atoms with Crippen molar-refractivity contribution in [3.05, 3.63) is 58.0 Å². The number of hydrogen-bond acceptors (Lipinski definition) is 4. The molecule has 110 valence electrons. The molecule has 2 aromatic rings. The number of anilines is 1. The Morgan fingerprint density at radius 1 is 1.24 bits per heavy atom. The maximum absolute atomic E-state index is 11.8. The fourth-order valence-electron chi connectivity index (χ4n) is 2.72. The van der Waals surface area contributed by atoms with E-state index < -0.39 is 0 Å². The number of hydrogen-bond donors (Lipinski definition) is 2. The lowest BCUT2D eigenvalue weighted by atomic mass is 10.0. The predicted octanol–water partition coefficient (Wildman–Crippen LogP) is 1.61. The summed E-state index contributed by atoms with van der Waals surface area (Å²) in [7, 11) is 0. The highest BCUT2D eigenvalue weighted by Crippen LogP contribution is 2.17. The number of rotatable bonds is 4. The molecule has 2 heterocycles. The number of nitrogens with two attached hydrogens (primary N) is 1. The summed E-state index contributed by atoms with van der Waals surface area (Å²) >= 11 is 0. The SMILES string of the molecule is N[C@H](Cc1cc(=O)[nH]c(N2CCCC2)n1)c1ccccc1. The normalized spacial score (nSPS) is 16.1. The van der Waals surface area contributed by atoms with Gasteiger partial charge in [-0.05, 0) is 18.4 Å². The minimum Gasteiger partial charge on any atom is -0.342 e. The quantitative estimate of drug-likeness (QED) is 0.894. The van der Waals surface area contributed by atoms with Crippen LogP contribution in [0.3, 0.4) is 0 Å². The molecule has 5 heteroatoms. The molecule has 0 amide bonds. The van der Waals surface area contributed by atoms with Gasteiger partial charge in [-0.15, -0.1) is 0 Å². The van der Waals surface area contributed by atoms with E-state index in [2.05, 4.69) is 14.9 Å². The van der Waals surface area contributed by atoms with Crippen molar-refractivity contribution in [2.75, 3.05) is 18.0 Å². The first kappa shape index (κ1) is 13.8. The zero-order valence-corrected chi connectivity index (χ0v) is 12.0. The number of benzene rings is 1. The van der Waals surface area contributed by atoms with Gasteiger partial charge in [0.15, 0.2) is 0 Å². The van der Waals surface area contributed by atoms with E-state index in [4.69, 9.17) is 5.73 Å². The average molecular weight is 284 g/mol. The molecule has 0 bridgehead atoms. The predicted molar refractivity (Wildman–Crippen MR) is 83.4 cm³/mol. The van der Waals surface area contributed by atoms with E-state index in [0.717, 1.165) is 37.2 Å².